The zero-order valence-electron chi connectivity index (χ0n) is 16.6. The van der Waals surface area contributed by atoms with Crippen molar-refractivity contribution in [2.75, 3.05) is 25.0 Å². The van der Waals surface area contributed by atoms with Gasteiger partial charge in [-0.1, -0.05) is 12.1 Å². The number of carbonyl (C=O) groups is 1. The van der Waals surface area contributed by atoms with Crippen LogP contribution in [0.3, 0.4) is 0 Å². The number of aromatic nitrogens is 3. The number of hydrogen-bond donors (Lipinski definition) is 3. The number of aliphatic hydroxyl groups excluding tert-OH is 1. The molecule has 3 aromatic rings. The number of anilines is 1. The summed E-state index contributed by atoms with van der Waals surface area (Å²) in [6, 6.07) is 9.80. The molecular formula is C21H25N5O3. The van der Waals surface area contributed by atoms with Gasteiger partial charge in [0.05, 0.1) is 24.1 Å². The highest BCUT2D eigenvalue weighted by molar-refractivity contribution is 5.84. The molecule has 1 aromatic carbocycles. The molecule has 1 fully saturated rings. The Morgan fingerprint density at radius 2 is 2.17 bits per heavy atom. The molecule has 1 saturated heterocycles. The Bertz CT molecular complexity index is 1020. The predicted octanol–water partition coefficient (Wildman–Crippen LogP) is 1.94. The summed E-state index contributed by atoms with van der Waals surface area (Å²) in [6.45, 7) is 3.19. The van der Waals surface area contributed by atoms with Crippen molar-refractivity contribution in [2.24, 2.45) is 13.0 Å². The molecule has 1 aliphatic heterocycles. The maximum atomic E-state index is 11.6. The molecule has 0 unspecified atom stereocenters. The van der Waals surface area contributed by atoms with Crippen LogP contribution in [-0.2, 0) is 11.8 Å². The normalized spacial score (nSPS) is 17.3. The van der Waals surface area contributed by atoms with E-state index in [2.05, 4.69) is 15.6 Å². The van der Waals surface area contributed by atoms with Crippen LogP contribution < -0.4 is 15.4 Å². The smallest absolute Gasteiger partial charge is 0.241 e. The summed E-state index contributed by atoms with van der Waals surface area (Å²) in [5.74, 6) is 0.702. The molecule has 3 heterocycles. The molecule has 8 heteroatoms. The standard InChI is InChI=1S/C21H25N5O3/c1-13(15-9-19(28)23-11-15)29-21-20-18(24-12-26(20)2)10-17(25-21)14-3-5-16(6-4-14)22-7-8-27/h3-6,10,12-13,15,22,27H,7-9,11H2,1-2H3,(H,23,28)/t13-,15-/m1/s1. The zero-order valence-corrected chi connectivity index (χ0v) is 16.6. The van der Waals surface area contributed by atoms with Gasteiger partial charge in [0, 0.05) is 43.7 Å². The molecule has 1 amide bonds. The third-order valence-electron chi connectivity index (χ3n) is 5.26. The second-order valence-corrected chi connectivity index (χ2v) is 7.35. The van der Waals surface area contributed by atoms with Crippen molar-refractivity contribution in [1.82, 2.24) is 19.9 Å². The lowest BCUT2D eigenvalue weighted by Gasteiger charge is -2.20. The Morgan fingerprint density at radius 3 is 2.86 bits per heavy atom. The van der Waals surface area contributed by atoms with Crippen LogP contribution in [-0.4, -0.2) is 51.3 Å². The minimum absolute atomic E-state index is 0.0627. The van der Waals surface area contributed by atoms with E-state index in [-0.39, 0.29) is 24.5 Å². The third kappa shape index (κ3) is 4.02. The minimum Gasteiger partial charge on any atom is -0.473 e. The lowest BCUT2D eigenvalue weighted by molar-refractivity contribution is -0.119. The maximum absolute atomic E-state index is 11.6. The summed E-state index contributed by atoms with van der Waals surface area (Å²) in [6.07, 6.45) is 2.06. The van der Waals surface area contributed by atoms with Gasteiger partial charge in [0.25, 0.3) is 0 Å². The Morgan fingerprint density at radius 1 is 1.38 bits per heavy atom. The van der Waals surface area contributed by atoms with Crippen LogP contribution in [0.5, 0.6) is 5.88 Å². The van der Waals surface area contributed by atoms with Gasteiger partial charge < -0.3 is 25.0 Å². The molecule has 3 N–H and O–H groups in total. The Hall–Kier alpha value is -3.13. The van der Waals surface area contributed by atoms with E-state index in [1.54, 1.807) is 6.33 Å². The van der Waals surface area contributed by atoms with E-state index in [4.69, 9.17) is 14.8 Å². The van der Waals surface area contributed by atoms with Crippen LogP contribution in [0.25, 0.3) is 22.3 Å². The molecule has 8 nitrogen and oxygen atoms in total. The van der Waals surface area contributed by atoms with Crippen molar-refractivity contribution in [1.29, 1.82) is 0 Å². The molecule has 2 aromatic heterocycles. The highest BCUT2D eigenvalue weighted by Crippen LogP contribution is 2.31. The quantitative estimate of drug-likeness (QED) is 0.565. The van der Waals surface area contributed by atoms with Crippen molar-refractivity contribution < 1.29 is 14.6 Å². The van der Waals surface area contributed by atoms with Gasteiger partial charge in [0.1, 0.15) is 11.6 Å². The third-order valence-corrected chi connectivity index (χ3v) is 5.26. The lowest BCUT2D eigenvalue weighted by Crippen LogP contribution is -2.26. The highest BCUT2D eigenvalue weighted by Gasteiger charge is 2.29. The van der Waals surface area contributed by atoms with E-state index in [1.807, 2.05) is 48.9 Å². The van der Waals surface area contributed by atoms with Gasteiger partial charge >= 0.3 is 0 Å². The van der Waals surface area contributed by atoms with E-state index in [0.717, 1.165) is 28.0 Å². The van der Waals surface area contributed by atoms with Crippen LogP contribution in [0.4, 0.5) is 5.69 Å². The number of fused-ring (bicyclic) bond motifs is 1. The Labute approximate surface area is 168 Å². The van der Waals surface area contributed by atoms with Gasteiger partial charge in [-0.25, -0.2) is 9.97 Å². The molecule has 1 aliphatic rings. The van der Waals surface area contributed by atoms with Crippen molar-refractivity contribution in [3.63, 3.8) is 0 Å². The number of aliphatic hydroxyl groups is 1. The number of imidazole rings is 1. The second-order valence-electron chi connectivity index (χ2n) is 7.35. The molecular weight excluding hydrogens is 370 g/mol. The van der Waals surface area contributed by atoms with Gasteiger partial charge in [0.2, 0.25) is 11.8 Å². The topological polar surface area (TPSA) is 101 Å². The summed E-state index contributed by atoms with van der Waals surface area (Å²) in [7, 11) is 1.91. The monoisotopic (exact) mass is 395 g/mol. The molecule has 0 aliphatic carbocycles. The van der Waals surface area contributed by atoms with Gasteiger partial charge in [-0.2, -0.15) is 0 Å². The molecule has 4 rings (SSSR count). The maximum Gasteiger partial charge on any atom is 0.241 e. The van der Waals surface area contributed by atoms with E-state index in [0.29, 0.717) is 25.4 Å². The molecule has 0 spiro atoms. The first kappa shape index (κ1) is 19.2. The van der Waals surface area contributed by atoms with Crippen LogP contribution in [0.15, 0.2) is 36.7 Å². The Balaban J connectivity index is 1.65. The molecule has 0 bridgehead atoms. The number of hydrogen-bond acceptors (Lipinski definition) is 6. The zero-order chi connectivity index (χ0) is 20.4. The number of benzene rings is 1. The van der Waals surface area contributed by atoms with Crippen LogP contribution >= 0.6 is 0 Å². The van der Waals surface area contributed by atoms with E-state index >= 15 is 0 Å². The molecule has 152 valence electrons. The number of ether oxygens (including phenoxy) is 1. The van der Waals surface area contributed by atoms with Crippen LogP contribution in [0.1, 0.15) is 13.3 Å². The first-order valence-electron chi connectivity index (χ1n) is 9.75. The largest absolute Gasteiger partial charge is 0.473 e. The number of amides is 1. The van der Waals surface area contributed by atoms with Crippen LogP contribution in [0, 0.1) is 5.92 Å². The fourth-order valence-electron chi connectivity index (χ4n) is 3.56. The predicted molar refractivity (Wildman–Crippen MR) is 111 cm³/mol. The van der Waals surface area contributed by atoms with Gasteiger partial charge in [0.15, 0.2) is 0 Å². The first-order chi connectivity index (χ1) is 14.0. The lowest BCUT2D eigenvalue weighted by atomic mass is 10.0. The summed E-state index contributed by atoms with van der Waals surface area (Å²) in [5.41, 5.74) is 4.29. The Kier molecular flexibility index (Phi) is 5.35. The molecule has 0 radical (unpaired) electrons. The van der Waals surface area contributed by atoms with Crippen molar-refractivity contribution in [3.8, 4) is 17.1 Å². The van der Waals surface area contributed by atoms with Crippen molar-refractivity contribution in [3.05, 3.63) is 36.7 Å². The number of nitrogens with one attached hydrogen (secondary N) is 2. The number of aryl methyl sites for hydroxylation is 1. The average Bonchev–Trinajstić information content (AvgIpc) is 3.33. The van der Waals surface area contributed by atoms with Gasteiger partial charge in [-0.15, -0.1) is 0 Å². The fraction of sp³-hybridized carbons (Fsp3) is 0.381. The molecule has 0 saturated carbocycles. The average molecular weight is 395 g/mol. The second kappa shape index (κ2) is 8.08. The van der Waals surface area contributed by atoms with E-state index in [9.17, 15) is 4.79 Å². The van der Waals surface area contributed by atoms with E-state index < -0.39 is 0 Å². The SMILES string of the molecule is C[C@@H](Oc1nc(-c2ccc(NCCO)cc2)cc2ncn(C)c12)[C@H]1CNC(=O)C1. The van der Waals surface area contributed by atoms with Crippen LogP contribution in [0.2, 0.25) is 0 Å². The van der Waals surface area contributed by atoms with Gasteiger partial charge in [-0.05, 0) is 25.1 Å². The number of nitrogens with zero attached hydrogens (tertiary/aromatic N) is 3. The highest BCUT2D eigenvalue weighted by atomic mass is 16.5. The van der Waals surface area contributed by atoms with Crippen molar-refractivity contribution >= 4 is 22.6 Å². The summed E-state index contributed by atoms with van der Waals surface area (Å²) < 4.78 is 8.13. The summed E-state index contributed by atoms with van der Waals surface area (Å²) >= 11 is 0. The number of carbonyl (C=O) groups excluding carboxylic acids is 1. The van der Waals surface area contributed by atoms with Gasteiger partial charge in [-0.3, -0.25) is 4.79 Å². The molecule has 2 atom stereocenters. The first-order valence-corrected chi connectivity index (χ1v) is 9.75. The number of pyridine rings is 1. The van der Waals surface area contributed by atoms with Crippen molar-refractivity contribution in [2.45, 2.75) is 19.4 Å². The number of rotatable bonds is 7. The summed E-state index contributed by atoms with van der Waals surface area (Å²) in [5, 5.41) is 14.9. The fourth-order valence-corrected chi connectivity index (χ4v) is 3.56. The molecule has 29 heavy (non-hydrogen) atoms. The van der Waals surface area contributed by atoms with E-state index in [1.165, 1.54) is 0 Å². The summed E-state index contributed by atoms with van der Waals surface area (Å²) in [4.78, 5) is 20.8. The minimum atomic E-state index is -0.153.